The lowest BCUT2D eigenvalue weighted by molar-refractivity contribution is -0.148. The number of methoxy groups -OCH3 is 1. The van der Waals surface area contributed by atoms with E-state index in [0.29, 0.717) is 17.9 Å². The van der Waals surface area contributed by atoms with Gasteiger partial charge in [0.15, 0.2) is 6.10 Å². The Kier molecular flexibility index (Phi) is 8.85. The highest BCUT2D eigenvalue weighted by Gasteiger charge is 2.35. The molecule has 0 aliphatic rings. The summed E-state index contributed by atoms with van der Waals surface area (Å²) in [6.45, 7) is 3.20. The predicted octanol–water partition coefficient (Wildman–Crippen LogP) is 7.35. The van der Waals surface area contributed by atoms with Crippen molar-refractivity contribution in [2.45, 2.75) is 38.1 Å². The van der Waals surface area contributed by atoms with Crippen molar-refractivity contribution in [2.24, 2.45) is 5.92 Å². The number of terminal acetylenes is 1. The molecule has 10 heteroatoms. The van der Waals surface area contributed by atoms with E-state index in [4.69, 9.17) is 15.9 Å². The van der Waals surface area contributed by atoms with E-state index in [9.17, 15) is 22.4 Å². The van der Waals surface area contributed by atoms with E-state index < -0.39 is 53.1 Å². The van der Waals surface area contributed by atoms with Crippen molar-refractivity contribution in [2.75, 3.05) is 12.4 Å². The third-order valence-corrected chi connectivity index (χ3v) is 5.92. The normalized spacial score (nSPS) is 13.4. The van der Waals surface area contributed by atoms with Crippen LogP contribution in [-0.2, 0) is 21.6 Å². The molecule has 3 aromatic rings. The molecule has 3 rings (SSSR count). The molecular formula is C29H25F6NO3. The van der Waals surface area contributed by atoms with E-state index in [1.807, 2.05) is 0 Å². The number of benzene rings is 3. The zero-order valence-electron chi connectivity index (χ0n) is 21.2. The van der Waals surface area contributed by atoms with Crippen LogP contribution in [0.1, 0.15) is 42.2 Å². The van der Waals surface area contributed by atoms with Crippen molar-refractivity contribution in [3.63, 3.8) is 0 Å². The van der Waals surface area contributed by atoms with E-state index in [1.165, 1.54) is 49.6 Å². The molecule has 0 saturated carbocycles. The van der Waals surface area contributed by atoms with Gasteiger partial charge in [-0.1, -0.05) is 38.0 Å². The summed E-state index contributed by atoms with van der Waals surface area (Å²) < 4.78 is 93.8. The number of ether oxygens (including phenoxy) is 2. The molecule has 3 aromatic carbocycles. The maximum absolute atomic E-state index is 15.2. The molecule has 206 valence electrons. The lowest BCUT2D eigenvalue weighted by Crippen LogP contribution is -2.37. The summed E-state index contributed by atoms with van der Waals surface area (Å²) in [7, 11) is 1.41. The Hall–Kier alpha value is -4.13. The van der Waals surface area contributed by atoms with Gasteiger partial charge in [0, 0.05) is 16.7 Å². The second-order valence-electron chi connectivity index (χ2n) is 8.97. The van der Waals surface area contributed by atoms with Gasteiger partial charge in [0.1, 0.15) is 17.6 Å². The lowest BCUT2D eigenvalue weighted by Gasteiger charge is -2.25. The Morgan fingerprint density at radius 1 is 0.923 bits per heavy atom. The van der Waals surface area contributed by atoms with E-state index in [2.05, 4.69) is 11.2 Å². The van der Waals surface area contributed by atoms with Crippen LogP contribution in [0.25, 0.3) is 0 Å². The highest BCUT2D eigenvalue weighted by molar-refractivity contribution is 5.80. The highest BCUT2D eigenvalue weighted by Crippen LogP contribution is 2.38. The van der Waals surface area contributed by atoms with Gasteiger partial charge in [0.25, 0.3) is 5.92 Å². The van der Waals surface area contributed by atoms with Crippen LogP contribution in [0, 0.1) is 24.1 Å². The van der Waals surface area contributed by atoms with E-state index in [0.717, 1.165) is 12.1 Å². The molecule has 0 aliphatic heterocycles. The van der Waals surface area contributed by atoms with Crippen LogP contribution in [0.3, 0.4) is 0 Å². The number of anilines is 1. The van der Waals surface area contributed by atoms with Gasteiger partial charge in [0.05, 0.1) is 18.4 Å². The number of carbonyl (C=O) groups is 1. The summed E-state index contributed by atoms with van der Waals surface area (Å²) in [4.78, 5) is 13.0. The summed E-state index contributed by atoms with van der Waals surface area (Å²) in [6, 6.07) is 11.0. The smallest absolute Gasteiger partial charge is 0.416 e. The molecule has 0 aromatic heterocycles. The molecule has 1 N–H and O–H groups in total. The zero-order valence-corrected chi connectivity index (χ0v) is 21.2. The number of rotatable bonds is 9. The van der Waals surface area contributed by atoms with Gasteiger partial charge in [0.2, 0.25) is 0 Å². The van der Waals surface area contributed by atoms with E-state index >= 15 is 8.78 Å². The molecule has 0 fully saturated rings. The van der Waals surface area contributed by atoms with Crippen LogP contribution in [0.15, 0.2) is 66.7 Å². The quantitative estimate of drug-likeness (QED) is 0.172. The predicted molar refractivity (Wildman–Crippen MR) is 134 cm³/mol. The van der Waals surface area contributed by atoms with Crippen LogP contribution >= 0.6 is 0 Å². The van der Waals surface area contributed by atoms with Gasteiger partial charge in [-0.2, -0.15) is 22.0 Å². The number of esters is 1. The molecule has 0 saturated heterocycles. The molecule has 0 bridgehead atoms. The number of alkyl halides is 5. The first kappa shape index (κ1) is 29.4. The first-order chi connectivity index (χ1) is 18.3. The number of hydrogen-bond donors (Lipinski definition) is 1. The van der Waals surface area contributed by atoms with Crippen molar-refractivity contribution in [3.05, 3.63) is 94.8 Å². The first-order valence-electron chi connectivity index (χ1n) is 11.7. The SMILES string of the molecule is C#CC(OC(=O)C(Nc1ccc(C(F)(F)F)cc1F)C(C)C)c1cccc(C(F)(F)c2ccc(OC)cc2)c1. The van der Waals surface area contributed by atoms with Crippen LogP contribution in [-0.4, -0.2) is 19.1 Å². The topological polar surface area (TPSA) is 47.6 Å². The Bertz CT molecular complexity index is 1350. The van der Waals surface area contributed by atoms with Gasteiger partial charge in [-0.25, -0.2) is 9.18 Å². The van der Waals surface area contributed by atoms with Gasteiger partial charge >= 0.3 is 12.1 Å². The molecule has 0 heterocycles. The number of halogens is 6. The average molecular weight is 550 g/mol. The maximum atomic E-state index is 15.2. The van der Waals surface area contributed by atoms with Gasteiger partial charge < -0.3 is 14.8 Å². The molecule has 4 nitrogen and oxygen atoms in total. The Morgan fingerprint density at radius 3 is 2.10 bits per heavy atom. The van der Waals surface area contributed by atoms with E-state index in [1.54, 1.807) is 13.8 Å². The number of nitrogens with one attached hydrogen (secondary N) is 1. The minimum absolute atomic E-state index is 0.0970. The molecule has 39 heavy (non-hydrogen) atoms. The van der Waals surface area contributed by atoms with Crippen LogP contribution < -0.4 is 10.1 Å². The summed E-state index contributed by atoms with van der Waals surface area (Å²) in [6.07, 6.45) is -0.562. The summed E-state index contributed by atoms with van der Waals surface area (Å²) in [5, 5.41) is 2.56. The maximum Gasteiger partial charge on any atom is 0.416 e. The number of carbonyl (C=O) groups excluding carboxylic acids is 1. The molecule has 0 radical (unpaired) electrons. The third kappa shape index (κ3) is 6.85. The fourth-order valence-corrected chi connectivity index (χ4v) is 3.73. The van der Waals surface area contributed by atoms with Gasteiger partial charge in [-0.3, -0.25) is 0 Å². The zero-order chi connectivity index (χ0) is 29.0. The Labute approximate surface area is 221 Å². The Morgan fingerprint density at radius 2 is 1.56 bits per heavy atom. The summed E-state index contributed by atoms with van der Waals surface area (Å²) >= 11 is 0. The standard InChI is InChI=1S/C29H25F6NO3/c1-5-25(18-7-6-8-20(15-18)28(31,32)19-9-12-22(38-4)13-10-19)39-27(37)26(17(2)3)36-24-14-11-21(16-23(24)30)29(33,34)35/h1,6-17,25-26,36H,2-4H3. The average Bonchev–Trinajstić information content (AvgIpc) is 2.90. The first-order valence-corrected chi connectivity index (χ1v) is 11.7. The van der Waals surface area contributed by atoms with Crippen LogP contribution in [0.5, 0.6) is 5.75 Å². The summed E-state index contributed by atoms with van der Waals surface area (Å²) in [5.74, 6) is -3.43. The fraction of sp³-hybridized carbons (Fsp3) is 0.276. The molecule has 0 amide bonds. The van der Waals surface area contributed by atoms with Crippen LogP contribution in [0.4, 0.5) is 32.0 Å². The molecule has 0 aliphatic carbocycles. The Balaban J connectivity index is 1.82. The minimum atomic E-state index is -4.74. The van der Waals surface area contributed by atoms with Crippen molar-refractivity contribution in [3.8, 4) is 18.1 Å². The molecule has 0 spiro atoms. The second-order valence-corrected chi connectivity index (χ2v) is 8.97. The largest absolute Gasteiger partial charge is 0.497 e. The highest BCUT2D eigenvalue weighted by atomic mass is 19.4. The number of hydrogen-bond acceptors (Lipinski definition) is 4. The van der Waals surface area contributed by atoms with Crippen molar-refractivity contribution in [1.29, 1.82) is 0 Å². The lowest BCUT2D eigenvalue weighted by atomic mass is 9.97. The third-order valence-electron chi connectivity index (χ3n) is 5.92. The van der Waals surface area contributed by atoms with Crippen molar-refractivity contribution < 1.29 is 40.6 Å². The monoisotopic (exact) mass is 549 g/mol. The molecular weight excluding hydrogens is 524 g/mol. The summed E-state index contributed by atoms with van der Waals surface area (Å²) in [5.41, 5.74) is -2.13. The van der Waals surface area contributed by atoms with Crippen LogP contribution in [0.2, 0.25) is 0 Å². The van der Waals surface area contributed by atoms with E-state index in [-0.39, 0.29) is 16.8 Å². The fourth-order valence-electron chi connectivity index (χ4n) is 3.73. The second kappa shape index (κ2) is 11.7. The van der Waals surface area contributed by atoms with Crippen molar-refractivity contribution in [1.82, 2.24) is 0 Å². The molecule has 2 unspecified atom stereocenters. The van der Waals surface area contributed by atoms with Crippen molar-refractivity contribution >= 4 is 11.7 Å². The minimum Gasteiger partial charge on any atom is -0.497 e. The molecule has 2 atom stereocenters. The van der Waals surface area contributed by atoms with Gasteiger partial charge in [-0.05, 0) is 54.4 Å². The van der Waals surface area contributed by atoms with Gasteiger partial charge in [-0.15, -0.1) is 6.42 Å².